The Bertz CT molecular complexity index is 506. The summed E-state index contributed by atoms with van der Waals surface area (Å²) in [4.78, 5) is 16.4. The van der Waals surface area contributed by atoms with Crippen LogP contribution in [0.3, 0.4) is 0 Å². The molecule has 1 aromatic rings. The Morgan fingerprint density at radius 2 is 2.35 bits per heavy atom. The first-order chi connectivity index (χ1) is 9.84. The lowest BCUT2D eigenvalue weighted by Gasteiger charge is -2.39. The van der Waals surface area contributed by atoms with E-state index in [2.05, 4.69) is 21.7 Å². The third kappa shape index (κ3) is 2.18. The van der Waals surface area contributed by atoms with Gasteiger partial charge in [0.25, 0.3) is 0 Å². The molecule has 0 bridgehead atoms. The molecule has 2 unspecified atom stereocenters. The van der Waals surface area contributed by atoms with Gasteiger partial charge < -0.3 is 15.0 Å². The first-order valence-corrected chi connectivity index (χ1v) is 8.40. The highest BCUT2D eigenvalue weighted by atomic mass is 32.1. The Hall–Kier alpha value is -0.910. The summed E-state index contributed by atoms with van der Waals surface area (Å²) in [6.07, 6.45) is 3.53. The molecule has 2 fully saturated rings. The largest absolute Gasteiger partial charge is 0.378 e. The summed E-state index contributed by atoms with van der Waals surface area (Å²) in [6.45, 7) is 2.88. The molecule has 1 saturated heterocycles. The van der Waals surface area contributed by atoms with Gasteiger partial charge in [-0.25, -0.2) is 0 Å². The van der Waals surface area contributed by atoms with E-state index in [1.54, 1.807) is 0 Å². The molecule has 1 aliphatic carbocycles. The Labute approximate surface area is 123 Å². The van der Waals surface area contributed by atoms with Crippen molar-refractivity contribution in [3.63, 3.8) is 0 Å². The molecule has 0 aromatic carbocycles. The van der Waals surface area contributed by atoms with Crippen molar-refractivity contribution in [2.75, 3.05) is 26.3 Å². The quantitative estimate of drug-likeness (QED) is 0.900. The molecule has 108 valence electrons. The molecule has 1 aromatic heterocycles. The molecule has 0 spiro atoms. The minimum atomic E-state index is -0.148. The van der Waals surface area contributed by atoms with E-state index in [9.17, 15) is 4.79 Å². The summed E-state index contributed by atoms with van der Waals surface area (Å²) in [5.41, 5.74) is 1.41. The van der Waals surface area contributed by atoms with Crippen molar-refractivity contribution in [1.82, 2.24) is 10.2 Å². The summed E-state index contributed by atoms with van der Waals surface area (Å²) in [5, 5.41) is 5.48. The SMILES string of the molecule is O=C(C1COCCN1)N1CCc2sccc2C1C1CC1. The number of carbonyl (C=O) groups excluding carboxylic acids is 1. The first kappa shape index (κ1) is 12.8. The monoisotopic (exact) mass is 292 g/mol. The summed E-state index contributed by atoms with van der Waals surface area (Å²) >= 11 is 1.85. The van der Waals surface area contributed by atoms with Gasteiger partial charge in [-0.05, 0) is 42.2 Å². The van der Waals surface area contributed by atoms with E-state index >= 15 is 0 Å². The van der Waals surface area contributed by atoms with Crippen LogP contribution in [0.2, 0.25) is 0 Å². The zero-order valence-corrected chi connectivity index (χ0v) is 12.3. The van der Waals surface area contributed by atoms with Crippen LogP contribution in [0.5, 0.6) is 0 Å². The van der Waals surface area contributed by atoms with Gasteiger partial charge in [-0.2, -0.15) is 0 Å². The molecule has 0 radical (unpaired) electrons. The number of thiophene rings is 1. The molecule has 2 aliphatic heterocycles. The molecule has 3 heterocycles. The van der Waals surface area contributed by atoms with Crippen LogP contribution in [-0.2, 0) is 16.0 Å². The number of rotatable bonds is 2. The lowest BCUT2D eigenvalue weighted by Crippen LogP contribution is -2.54. The zero-order valence-electron chi connectivity index (χ0n) is 11.5. The number of hydrogen-bond donors (Lipinski definition) is 1. The number of fused-ring (bicyclic) bond motifs is 1. The van der Waals surface area contributed by atoms with E-state index < -0.39 is 0 Å². The van der Waals surface area contributed by atoms with Crippen LogP contribution in [-0.4, -0.2) is 43.2 Å². The fourth-order valence-electron chi connectivity index (χ4n) is 3.44. The van der Waals surface area contributed by atoms with E-state index in [1.807, 2.05) is 11.3 Å². The minimum absolute atomic E-state index is 0.148. The summed E-state index contributed by atoms with van der Waals surface area (Å²) < 4.78 is 5.45. The van der Waals surface area contributed by atoms with Crippen LogP contribution < -0.4 is 5.32 Å². The van der Waals surface area contributed by atoms with Crippen molar-refractivity contribution in [3.8, 4) is 0 Å². The predicted molar refractivity (Wildman–Crippen MR) is 77.8 cm³/mol. The molecule has 2 atom stereocenters. The van der Waals surface area contributed by atoms with Gasteiger partial charge >= 0.3 is 0 Å². The van der Waals surface area contributed by atoms with Gasteiger partial charge in [-0.3, -0.25) is 4.79 Å². The molecule has 4 rings (SSSR count). The van der Waals surface area contributed by atoms with E-state index in [0.29, 0.717) is 25.2 Å². The summed E-state index contributed by atoms with van der Waals surface area (Å²) in [6, 6.07) is 2.40. The number of hydrogen-bond acceptors (Lipinski definition) is 4. The number of morpholine rings is 1. The maximum absolute atomic E-state index is 12.8. The van der Waals surface area contributed by atoms with E-state index in [1.165, 1.54) is 23.3 Å². The summed E-state index contributed by atoms with van der Waals surface area (Å²) in [5.74, 6) is 0.913. The number of amides is 1. The van der Waals surface area contributed by atoms with Crippen molar-refractivity contribution in [2.45, 2.75) is 31.3 Å². The van der Waals surface area contributed by atoms with Crippen LogP contribution in [0.15, 0.2) is 11.4 Å². The van der Waals surface area contributed by atoms with Crippen molar-refractivity contribution in [3.05, 3.63) is 21.9 Å². The van der Waals surface area contributed by atoms with E-state index in [0.717, 1.165) is 19.5 Å². The van der Waals surface area contributed by atoms with Gasteiger partial charge in [0, 0.05) is 18.0 Å². The number of nitrogens with one attached hydrogen (secondary N) is 1. The van der Waals surface area contributed by atoms with Crippen LogP contribution in [0, 0.1) is 5.92 Å². The van der Waals surface area contributed by atoms with Crippen molar-refractivity contribution in [1.29, 1.82) is 0 Å². The van der Waals surface area contributed by atoms with Gasteiger partial charge in [0.15, 0.2) is 0 Å². The van der Waals surface area contributed by atoms with Crippen LogP contribution in [0.1, 0.15) is 29.3 Å². The second-order valence-electron chi connectivity index (χ2n) is 5.94. The third-order valence-electron chi connectivity index (χ3n) is 4.59. The van der Waals surface area contributed by atoms with Gasteiger partial charge in [-0.15, -0.1) is 11.3 Å². The normalized spacial score (nSPS) is 30.1. The van der Waals surface area contributed by atoms with Gasteiger partial charge in [0.2, 0.25) is 5.91 Å². The fourth-order valence-corrected chi connectivity index (χ4v) is 4.35. The molecular weight excluding hydrogens is 272 g/mol. The Morgan fingerprint density at radius 3 is 3.10 bits per heavy atom. The lowest BCUT2D eigenvalue weighted by molar-refractivity contribution is -0.139. The minimum Gasteiger partial charge on any atom is -0.378 e. The van der Waals surface area contributed by atoms with Gasteiger partial charge in [0.1, 0.15) is 6.04 Å². The predicted octanol–water partition coefficient (Wildman–Crippen LogP) is 1.57. The second-order valence-corrected chi connectivity index (χ2v) is 6.95. The fraction of sp³-hybridized carbons (Fsp3) is 0.667. The molecule has 1 N–H and O–H groups in total. The second kappa shape index (κ2) is 5.13. The molecule has 3 aliphatic rings. The molecule has 1 saturated carbocycles. The maximum atomic E-state index is 12.8. The van der Waals surface area contributed by atoms with Crippen LogP contribution >= 0.6 is 11.3 Å². The average Bonchev–Trinajstić information content (AvgIpc) is 3.23. The Balaban J connectivity index is 1.59. The average molecular weight is 292 g/mol. The van der Waals surface area contributed by atoms with Crippen LogP contribution in [0.25, 0.3) is 0 Å². The molecule has 1 amide bonds. The summed E-state index contributed by atoms with van der Waals surface area (Å²) in [7, 11) is 0. The number of carbonyl (C=O) groups is 1. The lowest BCUT2D eigenvalue weighted by atomic mass is 9.95. The number of nitrogens with zero attached hydrogens (tertiary/aromatic N) is 1. The van der Waals surface area contributed by atoms with E-state index in [-0.39, 0.29) is 11.9 Å². The van der Waals surface area contributed by atoms with Crippen molar-refractivity contribution < 1.29 is 9.53 Å². The standard InChI is InChI=1S/C15H20N2O2S/c18-15(12-9-19-7-5-16-12)17-6-3-13-11(4-8-20-13)14(17)10-1-2-10/h4,8,10,12,14,16H,1-3,5-7,9H2. The Morgan fingerprint density at radius 1 is 1.45 bits per heavy atom. The zero-order chi connectivity index (χ0) is 13.5. The smallest absolute Gasteiger partial charge is 0.242 e. The third-order valence-corrected chi connectivity index (χ3v) is 5.58. The van der Waals surface area contributed by atoms with Gasteiger partial charge in [-0.1, -0.05) is 0 Å². The molecule has 4 nitrogen and oxygen atoms in total. The first-order valence-electron chi connectivity index (χ1n) is 7.52. The van der Waals surface area contributed by atoms with Crippen molar-refractivity contribution in [2.24, 2.45) is 5.92 Å². The highest BCUT2D eigenvalue weighted by molar-refractivity contribution is 7.10. The van der Waals surface area contributed by atoms with E-state index in [4.69, 9.17) is 4.74 Å². The highest BCUT2D eigenvalue weighted by Crippen LogP contribution is 2.48. The van der Waals surface area contributed by atoms with Crippen molar-refractivity contribution >= 4 is 17.2 Å². The maximum Gasteiger partial charge on any atom is 0.242 e. The number of ether oxygens (including phenoxy) is 1. The molecule has 20 heavy (non-hydrogen) atoms. The molecule has 5 heteroatoms. The molecular formula is C15H20N2O2S. The topological polar surface area (TPSA) is 41.6 Å². The Kier molecular flexibility index (Phi) is 3.28. The van der Waals surface area contributed by atoms with Gasteiger partial charge in [0.05, 0.1) is 19.3 Å². The highest BCUT2D eigenvalue weighted by Gasteiger charge is 2.43. The van der Waals surface area contributed by atoms with Crippen LogP contribution in [0.4, 0.5) is 0 Å².